The first kappa shape index (κ1) is 30.8. The number of aliphatic hydroxyl groups is 1. The van der Waals surface area contributed by atoms with Gasteiger partial charge in [-0.05, 0) is 124 Å². The molecule has 41 heavy (non-hydrogen) atoms. The van der Waals surface area contributed by atoms with Crippen molar-refractivity contribution in [3.63, 3.8) is 0 Å². The van der Waals surface area contributed by atoms with Crippen LogP contribution in [0.4, 0.5) is 0 Å². The van der Waals surface area contributed by atoms with Crippen LogP contribution in [0.3, 0.4) is 0 Å². The van der Waals surface area contributed by atoms with Gasteiger partial charge in [-0.25, -0.2) is 0 Å². The predicted molar refractivity (Wildman–Crippen MR) is 154 cm³/mol. The summed E-state index contributed by atoms with van der Waals surface area (Å²) >= 11 is 0. The number of hydrogen-bond donors (Lipinski definition) is 1. The molecule has 5 aliphatic rings. The maximum absolute atomic E-state index is 12.8. The van der Waals surface area contributed by atoms with Crippen LogP contribution in [0, 0.1) is 51.8 Å². The van der Waals surface area contributed by atoms with E-state index < -0.39 is 11.5 Å². The molecule has 0 amide bonds. The molecule has 0 aromatic carbocycles. The van der Waals surface area contributed by atoms with Gasteiger partial charge in [-0.3, -0.25) is 14.4 Å². The molecule has 0 aromatic heterocycles. The third-order valence-corrected chi connectivity index (χ3v) is 13.0. The average molecular weight is 575 g/mol. The number of carbonyl (C=O) groups excluding carboxylic acids is 3. The SMILES string of the molecule is CCC(C)(C)C(=O)O[C@H]1CC[C@@]2(C)C(C1)C[C@@H](O)C1C3CCC(C(C)CCC(=O)OC4COC(=O)C4)[C@@]3(C)CCC12. The Labute approximate surface area is 246 Å². The minimum Gasteiger partial charge on any atom is -0.462 e. The summed E-state index contributed by atoms with van der Waals surface area (Å²) in [5.74, 6) is 2.06. The summed E-state index contributed by atoms with van der Waals surface area (Å²) in [4.78, 5) is 36.6. The second-order valence-electron chi connectivity index (χ2n) is 15.6. The van der Waals surface area contributed by atoms with Gasteiger partial charge in [-0.1, -0.05) is 27.7 Å². The molecule has 1 heterocycles. The molecule has 4 saturated carbocycles. The Morgan fingerprint density at radius 2 is 1.73 bits per heavy atom. The first-order valence-electron chi connectivity index (χ1n) is 16.5. The Morgan fingerprint density at radius 1 is 1.02 bits per heavy atom. The summed E-state index contributed by atoms with van der Waals surface area (Å²) in [5.41, 5.74) is -0.0837. The molecule has 232 valence electrons. The molecule has 4 aliphatic carbocycles. The van der Waals surface area contributed by atoms with Crippen molar-refractivity contribution in [3.8, 4) is 0 Å². The van der Waals surface area contributed by atoms with Gasteiger partial charge in [-0.15, -0.1) is 0 Å². The Morgan fingerprint density at radius 3 is 2.41 bits per heavy atom. The number of cyclic esters (lactones) is 1. The predicted octanol–water partition coefficient (Wildman–Crippen LogP) is 6.24. The standard InChI is InChI=1S/C34H54O7/c1-7-32(3,4)31(38)41-22-12-14-33(5)21(16-22)17-27(35)30-25-10-9-24(34(25,6)15-13-26(30)33)20(2)8-11-28(36)40-23-18-29(37)39-19-23/h20-27,30,35H,7-19H2,1-6H3/t20?,21?,22-,23?,24?,25?,26?,27+,30?,33-,34+/m0/s1. The summed E-state index contributed by atoms with van der Waals surface area (Å²) < 4.78 is 16.4. The number of ether oxygens (including phenoxy) is 3. The fraction of sp³-hybridized carbons (Fsp3) is 0.912. The van der Waals surface area contributed by atoms with Gasteiger partial charge in [0.05, 0.1) is 17.9 Å². The lowest BCUT2D eigenvalue weighted by Gasteiger charge is -2.62. The summed E-state index contributed by atoms with van der Waals surface area (Å²) in [6.45, 7) is 13.4. The van der Waals surface area contributed by atoms with E-state index in [-0.39, 0.29) is 54.0 Å². The van der Waals surface area contributed by atoms with Crippen LogP contribution in [0.15, 0.2) is 0 Å². The van der Waals surface area contributed by atoms with E-state index in [2.05, 4.69) is 20.8 Å². The lowest BCUT2D eigenvalue weighted by molar-refractivity contribution is -0.186. The first-order chi connectivity index (χ1) is 19.3. The molecule has 0 radical (unpaired) electrons. The van der Waals surface area contributed by atoms with Gasteiger partial charge in [0.25, 0.3) is 0 Å². The Hall–Kier alpha value is -1.63. The van der Waals surface area contributed by atoms with Crippen LogP contribution in [-0.2, 0) is 28.6 Å². The highest BCUT2D eigenvalue weighted by Crippen LogP contribution is 2.68. The highest BCUT2D eigenvalue weighted by Gasteiger charge is 2.63. The van der Waals surface area contributed by atoms with Crippen LogP contribution < -0.4 is 0 Å². The highest BCUT2D eigenvalue weighted by atomic mass is 16.6. The highest BCUT2D eigenvalue weighted by molar-refractivity contribution is 5.76. The van der Waals surface area contributed by atoms with Crippen LogP contribution in [0.25, 0.3) is 0 Å². The van der Waals surface area contributed by atoms with Crippen LogP contribution in [0.1, 0.15) is 119 Å². The van der Waals surface area contributed by atoms with Crippen molar-refractivity contribution in [1.82, 2.24) is 0 Å². The number of hydrogen-bond acceptors (Lipinski definition) is 7. The fourth-order valence-electron chi connectivity index (χ4n) is 10.1. The molecule has 0 spiro atoms. The Bertz CT molecular complexity index is 1010. The number of carbonyl (C=O) groups is 3. The number of fused-ring (bicyclic) bond motifs is 5. The summed E-state index contributed by atoms with van der Waals surface area (Å²) in [5, 5.41) is 11.7. The third-order valence-electron chi connectivity index (χ3n) is 13.0. The lowest BCUT2D eigenvalue weighted by atomic mass is 9.43. The largest absolute Gasteiger partial charge is 0.462 e. The lowest BCUT2D eigenvalue weighted by Crippen LogP contribution is -2.59. The first-order valence-corrected chi connectivity index (χ1v) is 16.5. The van der Waals surface area contributed by atoms with Crippen molar-refractivity contribution in [2.75, 3.05) is 6.61 Å². The molecule has 1 aliphatic heterocycles. The second kappa shape index (κ2) is 11.5. The molecular formula is C34H54O7. The minimum atomic E-state index is -0.451. The van der Waals surface area contributed by atoms with Crippen molar-refractivity contribution in [2.24, 2.45) is 51.8 Å². The van der Waals surface area contributed by atoms with E-state index in [4.69, 9.17) is 14.2 Å². The normalized spacial score (nSPS) is 42.9. The molecular weight excluding hydrogens is 520 g/mol. The molecule has 5 rings (SSSR count). The van der Waals surface area contributed by atoms with Gasteiger partial charge < -0.3 is 19.3 Å². The number of rotatable bonds is 8. The molecule has 7 nitrogen and oxygen atoms in total. The van der Waals surface area contributed by atoms with Gasteiger partial charge in [0, 0.05) is 6.42 Å². The summed E-state index contributed by atoms with van der Waals surface area (Å²) in [6, 6.07) is 0. The van der Waals surface area contributed by atoms with Crippen molar-refractivity contribution in [3.05, 3.63) is 0 Å². The zero-order chi connectivity index (χ0) is 29.7. The van der Waals surface area contributed by atoms with Crippen molar-refractivity contribution in [2.45, 2.75) is 137 Å². The smallest absolute Gasteiger partial charge is 0.311 e. The van der Waals surface area contributed by atoms with E-state index in [0.717, 1.165) is 57.8 Å². The van der Waals surface area contributed by atoms with E-state index in [1.165, 1.54) is 6.42 Å². The molecule has 0 aromatic rings. The van der Waals surface area contributed by atoms with Crippen LogP contribution in [0.2, 0.25) is 0 Å². The number of aliphatic hydroxyl groups excluding tert-OH is 1. The number of esters is 3. The molecule has 0 bridgehead atoms. The van der Waals surface area contributed by atoms with Crippen LogP contribution in [-0.4, -0.2) is 47.9 Å². The maximum Gasteiger partial charge on any atom is 0.311 e. The van der Waals surface area contributed by atoms with E-state index in [1.54, 1.807) is 0 Å². The van der Waals surface area contributed by atoms with Crippen LogP contribution >= 0.6 is 0 Å². The topological polar surface area (TPSA) is 99.1 Å². The Kier molecular flexibility index (Phi) is 8.62. The van der Waals surface area contributed by atoms with Gasteiger partial charge in [0.15, 0.2) is 0 Å². The van der Waals surface area contributed by atoms with E-state index >= 15 is 0 Å². The fourth-order valence-corrected chi connectivity index (χ4v) is 10.1. The average Bonchev–Trinajstić information content (AvgIpc) is 3.49. The van der Waals surface area contributed by atoms with E-state index in [1.807, 2.05) is 20.8 Å². The molecule has 7 heteroatoms. The third kappa shape index (κ3) is 5.70. The van der Waals surface area contributed by atoms with Crippen molar-refractivity contribution in [1.29, 1.82) is 0 Å². The zero-order valence-electron chi connectivity index (χ0n) is 26.3. The Balaban J connectivity index is 1.20. The van der Waals surface area contributed by atoms with Gasteiger partial charge in [0.2, 0.25) is 0 Å². The van der Waals surface area contributed by atoms with Gasteiger partial charge in [-0.2, -0.15) is 0 Å². The second-order valence-corrected chi connectivity index (χ2v) is 15.6. The molecule has 1 saturated heterocycles. The maximum atomic E-state index is 12.8. The summed E-state index contributed by atoms with van der Waals surface area (Å²) in [7, 11) is 0. The monoisotopic (exact) mass is 574 g/mol. The quantitative estimate of drug-likeness (QED) is 0.271. The molecule has 1 N–H and O–H groups in total. The zero-order valence-corrected chi connectivity index (χ0v) is 26.3. The molecule has 7 unspecified atom stereocenters. The van der Waals surface area contributed by atoms with E-state index in [0.29, 0.717) is 41.9 Å². The van der Waals surface area contributed by atoms with Crippen molar-refractivity contribution >= 4 is 17.9 Å². The van der Waals surface area contributed by atoms with Crippen LogP contribution in [0.5, 0.6) is 0 Å². The van der Waals surface area contributed by atoms with E-state index in [9.17, 15) is 19.5 Å². The van der Waals surface area contributed by atoms with Crippen molar-refractivity contribution < 1.29 is 33.7 Å². The van der Waals surface area contributed by atoms with Gasteiger partial charge in [0.1, 0.15) is 18.8 Å². The minimum absolute atomic E-state index is 0.0332. The molecule has 11 atom stereocenters. The van der Waals surface area contributed by atoms with Gasteiger partial charge >= 0.3 is 17.9 Å². The molecule has 5 fully saturated rings. The summed E-state index contributed by atoms with van der Waals surface area (Å²) in [6.07, 6.45) is 9.65.